The molecule has 1 aromatic carbocycles. The molecule has 4 heteroatoms. The quantitative estimate of drug-likeness (QED) is 0.705. The smallest absolute Gasteiger partial charge is 0.196 e. The molecule has 0 heterocycles. The van der Waals surface area contributed by atoms with Crippen molar-refractivity contribution >= 4 is 29.0 Å². The van der Waals surface area contributed by atoms with Gasteiger partial charge in [-0.3, -0.25) is 4.79 Å². The van der Waals surface area contributed by atoms with Crippen LogP contribution in [-0.2, 0) is 4.74 Å². The van der Waals surface area contributed by atoms with E-state index in [0.717, 1.165) is 0 Å². The predicted octanol–water partition coefficient (Wildman–Crippen LogP) is 4.77. The summed E-state index contributed by atoms with van der Waals surface area (Å²) in [7, 11) is 0. The average molecular weight is 289 g/mol. The van der Waals surface area contributed by atoms with E-state index in [1.54, 1.807) is 18.2 Å². The van der Waals surface area contributed by atoms with E-state index in [1.165, 1.54) is 0 Å². The highest BCUT2D eigenvalue weighted by Crippen LogP contribution is 2.32. The van der Waals surface area contributed by atoms with Crippen LogP contribution in [0.3, 0.4) is 0 Å². The van der Waals surface area contributed by atoms with E-state index in [2.05, 4.69) is 0 Å². The van der Waals surface area contributed by atoms with Crippen molar-refractivity contribution in [1.29, 1.82) is 0 Å². The summed E-state index contributed by atoms with van der Waals surface area (Å²) < 4.78 is 5.69. The minimum Gasteiger partial charge on any atom is -0.367 e. The third-order valence-corrected chi connectivity index (χ3v) is 3.99. The van der Waals surface area contributed by atoms with Crippen molar-refractivity contribution in [1.82, 2.24) is 0 Å². The van der Waals surface area contributed by atoms with Gasteiger partial charge >= 0.3 is 0 Å². The lowest BCUT2D eigenvalue weighted by molar-refractivity contribution is -0.0250. The number of carbonyl (C=O) groups excluding carboxylic acids is 1. The van der Waals surface area contributed by atoms with Gasteiger partial charge in [-0.05, 0) is 31.9 Å². The van der Waals surface area contributed by atoms with Gasteiger partial charge in [0.05, 0.1) is 10.0 Å². The topological polar surface area (TPSA) is 26.3 Å². The molecule has 0 aliphatic rings. The second-order valence-electron chi connectivity index (χ2n) is 4.06. The first-order valence-corrected chi connectivity index (χ1v) is 6.90. The van der Waals surface area contributed by atoms with Crippen LogP contribution in [0.5, 0.6) is 0 Å². The van der Waals surface area contributed by atoms with E-state index < -0.39 is 5.60 Å². The molecule has 0 atom stereocenters. The molecule has 0 bridgehead atoms. The summed E-state index contributed by atoms with van der Waals surface area (Å²) in [6, 6.07) is 5.08. The van der Waals surface area contributed by atoms with Crippen LogP contribution < -0.4 is 0 Å². The summed E-state index contributed by atoms with van der Waals surface area (Å²) in [6.45, 7) is 6.25. The van der Waals surface area contributed by atoms with Crippen molar-refractivity contribution in [2.24, 2.45) is 0 Å². The van der Waals surface area contributed by atoms with Crippen LogP contribution in [0.15, 0.2) is 18.2 Å². The zero-order valence-corrected chi connectivity index (χ0v) is 12.4. The second kappa shape index (κ2) is 6.55. The highest BCUT2D eigenvalue weighted by Gasteiger charge is 2.37. The first-order valence-electron chi connectivity index (χ1n) is 6.15. The maximum atomic E-state index is 12.6. The van der Waals surface area contributed by atoms with Crippen molar-refractivity contribution in [3.8, 4) is 0 Å². The van der Waals surface area contributed by atoms with Gasteiger partial charge in [0.25, 0.3) is 0 Å². The van der Waals surface area contributed by atoms with Crippen molar-refractivity contribution in [2.45, 2.75) is 39.2 Å². The summed E-state index contributed by atoms with van der Waals surface area (Å²) in [4.78, 5) is 12.6. The predicted molar refractivity (Wildman–Crippen MR) is 75.7 cm³/mol. The zero-order chi connectivity index (χ0) is 13.8. The summed E-state index contributed by atoms with van der Waals surface area (Å²) in [5, 5.41) is 0.690. The Balaban J connectivity index is 3.22. The van der Waals surface area contributed by atoms with E-state index in [0.29, 0.717) is 35.1 Å². The number of benzene rings is 1. The standard InChI is InChI=1S/C14H18Cl2O2/c1-4-14(5-2,18-6-3)13(17)10-8-7-9-11(15)12(10)16/h7-9H,4-6H2,1-3H3. The lowest BCUT2D eigenvalue weighted by atomic mass is 9.87. The minimum atomic E-state index is -0.803. The molecule has 100 valence electrons. The molecule has 0 aromatic heterocycles. The highest BCUT2D eigenvalue weighted by molar-refractivity contribution is 6.44. The maximum absolute atomic E-state index is 12.6. The Morgan fingerprint density at radius 2 is 1.83 bits per heavy atom. The van der Waals surface area contributed by atoms with Gasteiger partial charge < -0.3 is 4.74 Å². The molecule has 0 unspecified atom stereocenters. The molecule has 1 rings (SSSR count). The van der Waals surface area contributed by atoms with Crippen molar-refractivity contribution in [2.75, 3.05) is 6.61 Å². The molecule has 0 fully saturated rings. The molecule has 0 amide bonds. The van der Waals surface area contributed by atoms with Gasteiger partial charge in [-0.25, -0.2) is 0 Å². The van der Waals surface area contributed by atoms with E-state index in [9.17, 15) is 4.79 Å². The van der Waals surface area contributed by atoms with Crippen molar-refractivity contribution in [3.05, 3.63) is 33.8 Å². The molecule has 2 nitrogen and oxygen atoms in total. The van der Waals surface area contributed by atoms with Gasteiger partial charge in [0.2, 0.25) is 0 Å². The number of ketones is 1. The molecule has 0 spiro atoms. The Kier molecular flexibility index (Phi) is 5.64. The average Bonchev–Trinajstić information content (AvgIpc) is 2.38. The monoisotopic (exact) mass is 288 g/mol. The van der Waals surface area contributed by atoms with Gasteiger partial charge in [-0.2, -0.15) is 0 Å². The van der Waals surface area contributed by atoms with Crippen LogP contribution in [0.1, 0.15) is 44.0 Å². The number of Topliss-reactive ketones (excluding diaryl/α,β-unsaturated/α-hetero) is 1. The van der Waals surface area contributed by atoms with Crippen LogP contribution in [0, 0.1) is 0 Å². The summed E-state index contributed by atoms with van der Waals surface area (Å²) in [5.74, 6) is -0.0955. The Labute approximate surface area is 118 Å². The summed E-state index contributed by atoms with van der Waals surface area (Å²) >= 11 is 12.0. The number of carbonyl (C=O) groups is 1. The third kappa shape index (κ3) is 2.87. The Morgan fingerprint density at radius 3 is 2.33 bits per heavy atom. The number of ether oxygens (including phenoxy) is 1. The van der Waals surface area contributed by atoms with E-state index in [4.69, 9.17) is 27.9 Å². The number of rotatable bonds is 6. The van der Waals surface area contributed by atoms with Crippen LogP contribution in [0.4, 0.5) is 0 Å². The molecule has 0 aliphatic carbocycles. The fourth-order valence-electron chi connectivity index (χ4n) is 2.04. The Hall–Kier alpha value is -0.570. The number of hydrogen-bond donors (Lipinski definition) is 0. The molecule has 0 aliphatic heterocycles. The third-order valence-electron chi connectivity index (χ3n) is 3.17. The number of hydrogen-bond acceptors (Lipinski definition) is 2. The first-order chi connectivity index (χ1) is 8.52. The van der Waals surface area contributed by atoms with Gasteiger partial charge in [-0.15, -0.1) is 0 Å². The van der Waals surface area contributed by atoms with E-state index in [-0.39, 0.29) is 5.78 Å². The van der Waals surface area contributed by atoms with Gasteiger partial charge in [0.1, 0.15) is 5.60 Å². The van der Waals surface area contributed by atoms with Gasteiger partial charge in [0, 0.05) is 12.2 Å². The largest absolute Gasteiger partial charge is 0.367 e. The molecule has 0 radical (unpaired) electrons. The fourth-order valence-corrected chi connectivity index (χ4v) is 2.43. The highest BCUT2D eigenvalue weighted by atomic mass is 35.5. The fraction of sp³-hybridized carbons (Fsp3) is 0.500. The first kappa shape index (κ1) is 15.5. The van der Waals surface area contributed by atoms with E-state index >= 15 is 0 Å². The molecular weight excluding hydrogens is 271 g/mol. The van der Waals surface area contributed by atoms with Crippen molar-refractivity contribution in [3.63, 3.8) is 0 Å². The zero-order valence-electron chi connectivity index (χ0n) is 10.9. The van der Waals surface area contributed by atoms with Crippen molar-refractivity contribution < 1.29 is 9.53 Å². The number of halogens is 2. The minimum absolute atomic E-state index is 0.0955. The van der Waals surface area contributed by atoms with Crippen LogP contribution in [-0.4, -0.2) is 18.0 Å². The van der Waals surface area contributed by atoms with Crippen LogP contribution >= 0.6 is 23.2 Å². The van der Waals surface area contributed by atoms with Gasteiger partial charge in [0.15, 0.2) is 5.78 Å². The Bertz CT molecular complexity index is 426. The maximum Gasteiger partial charge on any atom is 0.196 e. The molecular formula is C14H18Cl2O2. The SMILES string of the molecule is CCOC(CC)(CC)C(=O)c1cccc(Cl)c1Cl. The normalized spacial score (nSPS) is 11.6. The van der Waals surface area contributed by atoms with Gasteiger partial charge in [-0.1, -0.05) is 43.1 Å². The lowest BCUT2D eigenvalue weighted by Gasteiger charge is -2.30. The van der Waals surface area contributed by atoms with Crippen LogP contribution in [0.2, 0.25) is 10.0 Å². The van der Waals surface area contributed by atoms with E-state index in [1.807, 2.05) is 20.8 Å². The molecule has 1 aromatic rings. The summed E-state index contributed by atoms with van der Waals surface area (Å²) in [6.07, 6.45) is 1.22. The van der Waals surface area contributed by atoms with Crippen LogP contribution in [0.25, 0.3) is 0 Å². The summed E-state index contributed by atoms with van der Waals surface area (Å²) in [5.41, 5.74) is -0.371. The molecule has 0 saturated heterocycles. The molecule has 0 N–H and O–H groups in total. The molecule has 18 heavy (non-hydrogen) atoms. The lowest BCUT2D eigenvalue weighted by Crippen LogP contribution is -2.40. The Morgan fingerprint density at radius 1 is 1.22 bits per heavy atom. The molecule has 0 saturated carbocycles. The second-order valence-corrected chi connectivity index (χ2v) is 4.85.